The molecule has 0 saturated carbocycles. The summed E-state index contributed by atoms with van der Waals surface area (Å²) in [5.74, 6) is 1.62. The first kappa shape index (κ1) is 11.6. The van der Waals surface area contributed by atoms with Crippen molar-refractivity contribution in [2.75, 3.05) is 19.6 Å². The average molecular weight is 218 g/mol. The molecule has 0 spiro atoms. The van der Waals surface area contributed by atoms with Crippen LogP contribution in [0.5, 0.6) is 0 Å². The summed E-state index contributed by atoms with van der Waals surface area (Å²) in [6.45, 7) is 8.04. The molecule has 1 aromatic carbocycles. The van der Waals surface area contributed by atoms with Gasteiger partial charge in [0, 0.05) is 25.7 Å². The van der Waals surface area contributed by atoms with Crippen molar-refractivity contribution in [2.24, 2.45) is 17.6 Å². The predicted molar refractivity (Wildman–Crippen MR) is 68.1 cm³/mol. The smallest absolute Gasteiger partial charge is 0.0424 e. The molecule has 3 unspecified atom stereocenters. The number of likely N-dealkylation sites (tertiary alicyclic amines) is 1. The highest BCUT2D eigenvalue weighted by Crippen LogP contribution is 2.23. The summed E-state index contributed by atoms with van der Waals surface area (Å²) in [5.41, 5.74) is 7.47. The van der Waals surface area contributed by atoms with E-state index in [-0.39, 0.29) is 6.04 Å². The highest BCUT2D eigenvalue weighted by Gasteiger charge is 2.26. The summed E-state index contributed by atoms with van der Waals surface area (Å²) in [6.07, 6.45) is 0. The second kappa shape index (κ2) is 4.98. The fourth-order valence-corrected chi connectivity index (χ4v) is 2.48. The van der Waals surface area contributed by atoms with Crippen LogP contribution in [0, 0.1) is 11.8 Å². The van der Waals surface area contributed by atoms with Gasteiger partial charge in [-0.15, -0.1) is 0 Å². The molecule has 1 aliphatic rings. The summed E-state index contributed by atoms with van der Waals surface area (Å²) in [6, 6.07) is 10.5. The maximum absolute atomic E-state index is 6.22. The van der Waals surface area contributed by atoms with Gasteiger partial charge < -0.3 is 10.6 Å². The number of hydrogen-bond acceptors (Lipinski definition) is 2. The van der Waals surface area contributed by atoms with Crippen molar-refractivity contribution in [3.63, 3.8) is 0 Å². The van der Waals surface area contributed by atoms with Gasteiger partial charge >= 0.3 is 0 Å². The van der Waals surface area contributed by atoms with Gasteiger partial charge in [0.05, 0.1) is 0 Å². The van der Waals surface area contributed by atoms with Crippen molar-refractivity contribution in [1.82, 2.24) is 4.90 Å². The summed E-state index contributed by atoms with van der Waals surface area (Å²) >= 11 is 0. The predicted octanol–water partition coefficient (Wildman–Crippen LogP) is 2.27. The molecule has 1 saturated heterocycles. The van der Waals surface area contributed by atoms with Crippen molar-refractivity contribution in [2.45, 2.75) is 19.9 Å². The van der Waals surface area contributed by atoms with Gasteiger partial charge in [-0.25, -0.2) is 0 Å². The fraction of sp³-hybridized carbons (Fsp3) is 0.571. The van der Waals surface area contributed by atoms with Gasteiger partial charge in [0.2, 0.25) is 0 Å². The lowest BCUT2D eigenvalue weighted by Crippen LogP contribution is -2.30. The zero-order valence-electron chi connectivity index (χ0n) is 10.3. The van der Waals surface area contributed by atoms with Gasteiger partial charge in [0.1, 0.15) is 0 Å². The Morgan fingerprint density at radius 2 is 1.75 bits per heavy atom. The van der Waals surface area contributed by atoms with Crippen molar-refractivity contribution >= 4 is 0 Å². The van der Waals surface area contributed by atoms with Crippen LogP contribution in [0.1, 0.15) is 25.5 Å². The summed E-state index contributed by atoms with van der Waals surface area (Å²) in [7, 11) is 0. The minimum absolute atomic E-state index is 0.152. The zero-order chi connectivity index (χ0) is 11.5. The third-order valence-electron chi connectivity index (χ3n) is 3.75. The van der Waals surface area contributed by atoms with Crippen molar-refractivity contribution < 1.29 is 0 Å². The van der Waals surface area contributed by atoms with Crippen LogP contribution in [0.2, 0.25) is 0 Å². The molecule has 1 heterocycles. The molecule has 0 amide bonds. The van der Waals surface area contributed by atoms with Crippen molar-refractivity contribution in [3.05, 3.63) is 35.9 Å². The Bertz CT molecular complexity index is 313. The first-order chi connectivity index (χ1) is 7.66. The van der Waals surface area contributed by atoms with Gasteiger partial charge in [-0.2, -0.15) is 0 Å². The fourth-order valence-electron chi connectivity index (χ4n) is 2.48. The van der Waals surface area contributed by atoms with E-state index in [9.17, 15) is 0 Å². The van der Waals surface area contributed by atoms with Gasteiger partial charge in [-0.05, 0) is 17.4 Å². The molecule has 2 heteroatoms. The lowest BCUT2D eigenvalue weighted by molar-refractivity contribution is 0.303. The Morgan fingerprint density at radius 3 is 2.31 bits per heavy atom. The third-order valence-corrected chi connectivity index (χ3v) is 3.75. The Kier molecular flexibility index (Phi) is 3.62. The van der Waals surface area contributed by atoms with Crippen LogP contribution in [0.4, 0.5) is 0 Å². The lowest BCUT2D eigenvalue weighted by Gasteiger charge is -2.20. The lowest BCUT2D eigenvalue weighted by atomic mass is 10.0. The second-order valence-corrected chi connectivity index (χ2v) is 5.19. The standard InChI is InChI=1S/C14H22N2/c1-11-8-16(9-12(11)2)10-14(15)13-6-4-3-5-7-13/h3-7,11-12,14H,8-10,15H2,1-2H3. The molecule has 2 rings (SSSR count). The van der Waals surface area contributed by atoms with Gasteiger partial charge in [-0.3, -0.25) is 0 Å². The second-order valence-electron chi connectivity index (χ2n) is 5.19. The van der Waals surface area contributed by atoms with E-state index in [1.807, 2.05) is 6.07 Å². The first-order valence-corrected chi connectivity index (χ1v) is 6.19. The van der Waals surface area contributed by atoms with E-state index in [1.54, 1.807) is 0 Å². The van der Waals surface area contributed by atoms with Gasteiger partial charge in [0.15, 0.2) is 0 Å². The maximum atomic E-state index is 6.22. The largest absolute Gasteiger partial charge is 0.323 e. The minimum Gasteiger partial charge on any atom is -0.323 e. The maximum Gasteiger partial charge on any atom is 0.0424 e. The number of rotatable bonds is 3. The van der Waals surface area contributed by atoms with Crippen molar-refractivity contribution in [1.29, 1.82) is 0 Å². The molecular weight excluding hydrogens is 196 g/mol. The number of nitrogens with two attached hydrogens (primary N) is 1. The minimum atomic E-state index is 0.152. The molecule has 0 bridgehead atoms. The molecule has 0 aromatic heterocycles. The van der Waals surface area contributed by atoms with Crippen molar-refractivity contribution in [3.8, 4) is 0 Å². The third kappa shape index (κ3) is 2.63. The van der Waals surface area contributed by atoms with Crippen LogP contribution < -0.4 is 5.73 Å². The van der Waals surface area contributed by atoms with E-state index in [1.165, 1.54) is 18.7 Å². The van der Waals surface area contributed by atoms with E-state index in [4.69, 9.17) is 5.73 Å². The topological polar surface area (TPSA) is 29.3 Å². The molecule has 1 aromatic rings. The number of nitrogens with zero attached hydrogens (tertiary/aromatic N) is 1. The zero-order valence-corrected chi connectivity index (χ0v) is 10.3. The highest BCUT2D eigenvalue weighted by molar-refractivity contribution is 5.18. The molecule has 16 heavy (non-hydrogen) atoms. The van der Waals surface area contributed by atoms with E-state index < -0.39 is 0 Å². The molecule has 0 radical (unpaired) electrons. The molecular formula is C14H22N2. The van der Waals surface area contributed by atoms with Crippen LogP contribution in [0.3, 0.4) is 0 Å². The van der Waals surface area contributed by atoms with Crippen LogP contribution in [0.15, 0.2) is 30.3 Å². The van der Waals surface area contributed by atoms with E-state index >= 15 is 0 Å². The Balaban J connectivity index is 1.91. The van der Waals surface area contributed by atoms with Crippen LogP contribution in [-0.2, 0) is 0 Å². The van der Waals surface area contributed by atoms with E-state index in [2.05, 4.69) is 43.0 Å². The van der Waals surface area contributed by atoms with Gasteiger partial charge in [-0.1, -0.05) is 44.2 Å². The molecule has 3 atom stereocenters. The molecule has 0 aliphatic carbocycles. The summed E-state index contributed by atoms with van der Waals surface area (Å²) < 4.78 is 0. The SMILES string of the molecule is CC1CN(CC(N)c2ccccc2)CC1C. The molecule has 2 N–H and O–H groups in total. The molecule has 88 valence electrons. The Labute approximate surface area is 98.4 Å². The quantitative estimate of drug-likeness (QED) is 0.843. The van der Waals surface area contributed by atoms with E-state index in [0.29, 0.717) is 0 Å². The normalized spacial score (nSPS) is 28.2. The van der Waals surface area contributed by atoms with Crippen LogP contribution in [0.25, 0.3) is 0 Å². The Hall–Kier alpha value is -0.860. The number of hydrogen-bond donors (Lipinski definition) is 1. The molecule has 2 nitrogen and oxygen atoms in total. The van der Waals surface area contributed by atoms with Gasteiger partial charge in [0.25, 0.3) is 0 Å². The monoisotopic (exact) mass is 218 g/mol. The summed E-state index contributed by atoms with van der Waals surface area (Å²) in [4.78, 5) is 2.49. The number of benzene rings is 1. The molecule has 1 fully saturated rings. The molecule has 1 aliphatic heterocycles. The average Bonchev–Trinajstić information content (AvgIpc) is 2.59. The van der Waals surface area contributed by atoms with Crippen LogP contribution >= 0.6 is 0 Å². The van der Waals surface area contributed by atoms with Crippen LogP contribution in [-0.4, -0.2) is 24.5 Å². The highest BCUT2D eigenvalue weighted by atomic mass is 15.2. The Morgan fingerprint density at radius 1 is 1.19 bits per heavy atom. The summed E-state index contributed by atoms with van der Waals surface area (Å²) in [5, 5.41) is 0. The first-order valence-electron chi connectivity index (χ1n) is 6.19. The van der Waals surface area contributed by atoms with E-state index in [0.717, 1.165) is 18.4 Å².